The van der Waals surface area contributed by atoms with Crippen molar-refractivity contribution in [2.45, 2.75) is 20.3 Å². The van der Waals surface area contributed by atoms with E-state index in [0.29, 0.717) is 18.8 Å². The number of aliphatic hydroxyl groups excluding tert-OH is 1. The molecule has 1 rings (SSSR count). The van der Waals surface area contributed by atoms with Gasteiger partial charge >= 0.3 is 6.03 Å². The van der Waals surface area contributed by atoms with Crippen molar-refractivity contribution < 1.29 is 9.90 Å². The van der Waals surface area contributed by atoms with Crippen molar-refractivity contribution in [3.05, 3.63) is 24.4 Å². The Morgan fingerprint density at radius 2 is 2.24 bits per heavy atom. The molecule has 1 aromatic heterocycles. The fourth-order valence-electron chi connectivity index (χ4n) is 1.31. The van der Waals surface area contributed by atoms with Gasteiger partial charge in [0.1, 0.15) is 5.82 Å². The molecule has 0 atom stereocenters. The Morgan fingerprint density at radius 1 is 1.47 bits per heavy atom. The Balaban J connectivity index is 2.36. The zero-order valence-corrected chi connectivity index (χ0v) is 10.2. The van der Waals surface area contributed by atoms with E-state index in [1.165, 1.54) is 0 Å². The summed E-state index contributed by atoms with van der Waals surface area (Å²) in [5, 5.41) is 14.3. The van der Waals surface area contributed by atoms with Gasteiger partial charge < -0.3 is 10.4 Å². The molecule has 5 heteroatoms. The lowest BCUT2D eigenvalue weighted by molar-refractivity contribution is 0.204. The minimum absolute atomic E-state index is 0.115. The first-order valence-corrected chi connectivity index (χ1v) is 5.60. The highest BCUT2D eigenvalue weighted by Gasteiger charge is 2.17. The number of aromatic nitrogens is 1. The number of carbonyl (C=O) groups is 1. The lowest BCUT2D eigenvalue weighted by atomic mass is 9.90. The number of pyridine rings is 1. The Bertz CT molecular complexity index is 352. The van der Waals surface area contributed by atoms with Gasteiger partial charge in [-0.2, -0.15) is 0 Å². The molecule has 0 unspecified atom stereocenters. The monoisotopic (exact) mass is 237 g/mol. The highest BCUT2D eigenvalue weighted by atomic mass is 16.3. The molecule has 3 N–H and O–H groups in total. The fourth-order valence-corrected chi connectivity index (χ4v) is 1.31. The highest BCUT2D eigenvalue weighted by Crippen LogP contribution is 2.17. The molecule has 17 heavy (non-hydrogen) atoms. The third-order valence-corrected chi connectivity index (χ3v) is 2.42. The Morgan fingerprint density at radius 3 is 2.82 bits per heavy atom. The molecule has 2 amide bonds. The second-order valence-corrected chi connectivity index (χ2v) is 4.66. The SMILES string of the molecule is CC(C)(CCO)CNC(=O)Nc1ccccn1. The van der Waals surface area contributed by atoms with E-state index >= 15 is 0 Å². The van der Waals surface area contributed by atoms with Crippen LogP contribution in [0, 0.1) is 5.41 Å². The van der Waals surface area contributed by atoms with Crippen LogP contribution in [0.5, 0.6) is 0 Å². The maximum atomic E-state index is 11.5. The molecule has 0 aliphatic carbocycles. The van der Waals surface area contributed by atoms with Gasteiger partial charge in [0.15, 0.2) is 0 Å². The molecule has 1 aromatic rings. The third kappa shape index (κ3) is 5.31. The molecular formula is C12H19N3O2. The summed E-state index contributed by atoms with van der Waals surface area (Å²) in [6.45, 7) is 4.61. The number of anilines is 1. The molecule has 0 saturated carbocycles. The largest absolute Gasteiger partial charge is 0.396 e. The fraction of sp³-hybridized carbons (Fsp3) is 0.500. The van der Waals surface area contributed by atoms with Gasteiger partial charge in [0, 0.05) is 19.3 Å². The molecule has 0 spiro atoms. The molecule has 0 saturated heterocycles. The van der Waals surface area contributed by atoms with E-state index < -0.39 is 0 Å². The van der Waals surface area contributed by atoms with Gasteiger partial charge in [-0.3, -0.25) is 5.32 Å². The number of carbonyl (C=O) groups excluding carboxylic acids is 1. The van der Waals surface area contributed by atoms with Crippen molar-refractivity contribution in [1.29, 1.82) is 0 Å². The first-order valence-electron chi connectivity index (χ1n) is 5.60. The maximum Gasteiger partial charge on any atom is 0.320 e. The molecular weight excluding hydrogens is 218 g/mol. The molecule has 0 aliphatic rings. The summed E-state index contributed by atoms with van der Waals surface area (Å²) in [6, 6.07) is 5.03. The number of urea groups is 1. The number of aliphatic hydroxyl groups is 1. The first kappa shape index (κ1) is 13.4. The van der Waals surface area contributed by atoms with Gasteiger partial charge in [-0.15, -0.1) is 0 Å². The van der Waals surface area contributed by atoms with Crippen LogP contribution >= 0.6 is 0 Å². The summed E-state index contributed by atoms with van der Waals surface area (Å²) in [4.78, 5) is 15.5. The summed E-state index contributed by atoms with van der Waals surface area (Å²) < 4.78 is 0. The first-order chi connectivity index (χ1) is 8.03. The summed E-state index contributed by atoms with van der Waals surface area (Å²) in [7, 11) is 0. The van der Waals surface area contributed by atoms with Crippen LogP contribution in [-0.4, -0.2) is 29.3 Å². The smallest absolute Gasteiger partial charge is 0.320 e. The van der Waals surface area contributed by atoms with E-state index in [4.69, 9.17) is 5.11 Å². The van der Waals surface area contributed by atoms with Gasteiger partial charge in [0.2, 0.25) is 0 Å². The van der Waals surface area contributed by atoms with Gasteiger partial charge in [-0.05, 0) is 24.0 Å². The average molecular weight is 237 g/mol. The van der Waals surface area contributed by atoms with Crippen LogP contribution in [0.4, 0.5) is 10.6 Å². The third-order valence-electron chi connectivity index (χ3n) is 2.42. The lowest BCUT2D eigenvalue weighted by Gasteiger charge is -2.23. The van der Waals surface area contributed by atoms with Crippen molar-refractivity contribution in [2.24, 2.45) is 5.41 Å². The van der Waals surface area contributed by atoms with E-state index in [1.54, 1.807) is 24.4 Å². The summed E-state index contributed by atoms with van der Waals surface area (Å²) in [6.07, 6.45) is 2.27. The minimum Gasteiger partial charge on any atom is -0.396 e. The summed E-state index contributed by atoms with van der Waals surface area (Å²) in [5.74, 6) is 0.518. The van der Waals surface area contributed by atoms with E-state index in [1.807, 2.05) is 13.8 Å². The van der Waals surface area contributed by atoms with Crippen molar-refractivity contribution in [3.63, 3.8) is 0 Å². The molecule has 0 fully saturated rings. The van der Waals surface area contributed by atoms with E-state index in [0.717, 1.165) is 0 Å². The Labute approximate surface area is 101 Å². The van der Waals surface area contributed by atoms with E-state index in [2.05, 4.69) is 15.6 Å². The zero-order chi connectivity index (χ0) is 12.7. The van der Waals surface area contributed by atoms with Gasteiger partial charge in [-0.25, -0.2) is 9.78 Å². The quantitative estimate of drug-likeness (QED) is 0.728. The maximum absolute atomic E-state index is 11.5. The van der Waals surface area contributed by atoms with Crippen LogP contribution in [0.1, 0.15) is 20.3 Å². The predicted molar refractivity (Wildman–Crippen MR) is 66.7 cm³/mol. The van der Waals surface area contributed by atoms with Crippen LogP contribution in [-0.2, 0) is 0 Å². The average Bonchev–Trinajstić information content (AvgIpc) is 2.28. The molecule has 1 heterocycles. The topological polar surface area (TPSA) is 74.2 Å². The summed E-state index contributed by atoms with van der Waals surface area (Å²) in [5.41, 5.74) is -0.115. The van der Waals surface area contributed by atoms with Gasteiger partial charge in [-0.1, -0.05) is 19.9 Å². The minimum atomic E-state index is -0.283. The number of amides is 2. The zero-order valence-electron chi connectivity index (χ0n) is 10.2. The van der Waals surface area contributed by atoms with Crippen LogP contribution in [0.25, 0.3) is 0 Å². The second kappa shape index (κ2) is 6.20. The predicted octanol–water partition coefficient (Wildman–Crippen LogP) is 1.61. The van der Waals surface area contributed by atoms with Crippen molar-refractivity contribution in [3.8, 4) is 0 Å². The van der Waals surface area contributed by atoms with Crippen molar-refractivity contribution >= 4 is 11.8 Å². The highest BCUT2D eigenvalue weighted by molar-refractivity contribution is 5.88. The standard InChI is InChI=1S/C12H19N3O2/c1-12(2,6-8-16)9-14-11(17)15-10-5-3-4-7-13-10/h3-5,7,16H,6,8-9H2,1-2H3,(H2,13,14,15,17). The number of nitrogens with one attached hydrogen (secondary N) is 2. The van der Waals surface area contributed by atoms with E-state index in [-0.39, 0.29) is 18.1 Å². The van der Waals surface area contributed by atoms with Gasteiger partial charge in [0.25, 0.3) is 0 Å². The number of hydrogen-bond donors (Lipinski definition) is 3. The Hall–Kier alpha value is -1.62. The number of rotatable bonds is 5. The Kier molecular flexibility index (Phi) is 4.90. The number of hydrogen-bond acceptors (Lipinski definition) is 3. The summed E-state index contributed by atoms with van der Waals surface area (Å²) >= 11 is 0. The van der Waals surface area contributed by atoms with Crippen LogP contribution in [0.2, 0.25) is 0 Å². The molecule has 0 aliphatic heterocycles. The van der Waals surface area contributed by atoms with Crippen LogP contribution in [0.15, 0.2) is 24.4 Å². The van der Waals surface area contributed by atoms with Crippen molar-refractivity contribution in [1.82, 2.24) is 10.3 Å². The van der Waals surface area contributed by atoms with Crippen molar-refractivity contribution in [2.75, 3.05) is 18.5 Å². The molecule has 0 bridgehead atoms. The van der Waals surface area contributed by atoms with Gasteiger partial charge in [0.05, 0.1) is 0 Å². The molecule has 0 radical (unpaired) electrons. The second-order valence-electron chi connectivity index (χ2n) is 4.66. The normalized spacial score (nSPS) is 11.0. The number of nitrogens with zero attached hydrogens (tertiary/aromatic N) is 1. The molecule has 5 nitrogen and oxygen atoms in total. The molecule has 94 valence electrons. The van der Waals surface area contributed by atoms with Crippen LogP contribution < -0.4 is 10.6 Å². The lowest BCUT2D eigenvalue weighted by Crippen LogP contribution is -2.37. The van der Waals surface area contributed by atoms with E-state index in [9.17, 15) is 4.79 Å². The molecule has 0 aromatic carbocycles. The van der Waals surface area contributed by atoms with Crippen LogP contribution in [0.3, 0.4) is 0 Å².